The standard InChI is InChI=1S/C21H21N/c1-20(2)16-10-11-21(20,3)17-9-8-15-14(18(16)17)7-6-13-5-4-12-22-19(13)15/h4-9,12,16H,10-11H2,1-3H3/t16-,21+/m1/s1. The van der Waals surface area contributed by atoms with E-state index in [1.807, 2.05) is 12.3 Å². The minimum absolute atomic E-state index is 0.334. The van der Waals surface area contributed by atoms with Gasteiger partial charge in [-0.25, -0.2) is 0 Å². The lowest BCUT2D eigenvalue weighted by atomic mass is 9.69. The van der Waals surface area contributed by atoms with E-state index in [4.69, 9.17) is 0 Å². The van der Waals surface area contributed by atoms with Gasteiger partial charge < -0.3 is 0 Å². The number of benzene rings is 2. The lowest BCUT2D eigenvalue weighted by molar-refractivity contribution is 0.231. The maximum atomic E-state index is 4.65. The molecule has 0 spiro atoms. The minimum atomic E-state index is 0.334. The molecule has 2 bridgehead atoms. The van der Waals surface area contributed by atoms with Gasteiger partial charge in [-0.1, -0.05) is 51.1 Å². The molecule has 5 rings (SSSR count). The number of aromatic nitrogens is 1. The van der Waals surface area contributed by atoms with Crippen molar-refractivity contribution in [3.63, 3.8) is 0 Å². The molecule has 1 heterocycles. The molecule has 3 aromatic rings. The minimum Gasteiger partial charge on any atom is -0.256 e. The van der Waals surface area contributed by atoms with Crippen LogP contribution in [0.4, 0.5) is 0 Å². The van der Waals surface area contributed by atoms with Crippen LogP contribution in [0.15, 0.2) is 42.6 Å². The summed E-state index contributed by atoms with van der Waals surface area (Å²) in [6, 6.07) is 13.5. The lowest BCUT2D eigenvalue weighted by Crippen LogP contribution is -2.31. The van der Waals surface area contributed by atoms with E-state index in [1.165, 1.54) is 29.0 Å². The summed E-state index contributed by atoms with van der Waals surface area (Å²) in [7, 11) is 0. The quantitative estimate of drug-likeness (QED) is 0.493. The summed E-state index contributed by atoms with van der Waals surface area (Å²) >= 11 is 0. The fourth-order valence-corrected chi connectivity index (χ4v) is 5.32. The molecule has 22 heavy (non-hydrogen) atoms. The second kappa shape index (κ2) is 3.71. The van der Waals surface area contributed by atoms with Crippen LogP contribution in [0, 0.1) is 5.41 Å². The van der Waals surface area contributed by atoms with E-state index in [9.17, 15) is 0 Å². The number of hydrogen-bond donors (Lipinski definition) is 0. The van der Waals surface area contributed by atoms with Crippen LogP contribution < -0.4 is 0 Å². The average molecular weight is 287 g/mol. The third-order valence-corrected chi connectivity index (χ3v) is 6.98. The smallest absolute Gasteiger partial charge is 0.0780 e. The van der Waals surface area contributed by atoms with Gasteiger partial charge in [-0.05, 0) is 52.2 Å². The van der Waals surface area contributed by atoms with Crippen molar-refractivity contribution < 1.29 is 0 Å². The monoisotopic (exact) mass is 287 g/mol. The largest absolute Gasteiger partial charge is 0.256 e. The molecule has 1 fully saturated rings. The van der Waals surface area contributed by atoms with E-state index < -0.39 is 0 Å². The summed E-state index contributed by atoms with van der Waals surface area (Å²) in [6.45, 7) is 7.41. The van der Waals surface area contributed by atoms with E-state index in [2.05, 4.69) is 56.1 Å². The van der Waals surface area contributed by atoms with Gasteiger partial charge in [-0.3, -0.25) is 4.98 Å². The van der Waals surface area contributed by atoms with Gasteiger partial charge in [0.25, 0.3) is 0 Å². The van der Waals surface area contributed by atoms with Gasteiger partial charge in [-0.2, -0.15) is 0 Å². The maximum absolute atomic E-state index is 4.65. The van der Waals surface area contributed by atoms with Gasteiger partial charge in [0.1, 0.15) is 0 Å². The van der Waals surface area contributed by atoms with E-state index in [1.54, 1.807) is 11.1 Å². The first-order valence-electron chi connectivity index (χ1n) is 8.35. The Morgan fingerprint density at radius 2 is 1.82 bits per heavy atom. The van der Waals surface area contributed by atoms with Crippen LogP contribution in [-0.4, -0.2) is 4.98 Å². The second-order valence-electron chi connectivity index (χ2n) is 7.91. The first-order chi connectivity index (χ1) is 10.5. The highest BCUT2D eigenvalue weighted by Crippen LogP contribution is 2.68. The Hall–Kier alpha value is -1.89. The summed E-state index contributed by atoms with van der Waals surface area (Å²) in [5.41, 5.74) is 5.05. The van der Waals surface area contributed by atoms with Crippen molar-refractivity contribution in [2.24, 2.45) is 5.41 Å². The van der Waals surface area contributed by atoms with Crippen molar-refractivity contribution in [3.05, 3.63) is 53.7 Å². The number of pyridine rings is 1. The summed E-state index contributed by atoms with van der Waals surface area (Å²) in [4.78, 5) is 4.65. The number of fused-ring (bicyclic) bond motifs is 9. The van der Waals surface area contributed by atoms with Crippen molar-refractivity contribution in [1.82, 2.24) is 4.98 Å². The Morgan fingerprint density at radius 3 is 2.68 bits per heavy atom. The summed E-state index contributed by atoms with van der Waals surface area (Å²) in [5, 5.41) is 4.00. The van der Waals surface area contributed by atoms with Crippen molar-refractivity contribution in [2.75, 3.05) is 0 Å². The molecule has 1 heteroatoms. The molecule has 0 unspecified atom stereocenters. The van der Waals surface area contributed by atoms with Crippen LogP contribution in [0.1, 0.15) is 50.7 Å². The zero-order chi connectivity index (χ0) is 15.1. The molecule has 2 aromatic carbocycles. The molecule has 1 nitrogen and oxygen atoms in total. The second-order valence-corrected chi connectivity index (χ2v) is 7.91. The Kier molecular flexibility index (Phi) is 2.13. The Bertz CT molecular complexity index is 937. The highest BCUT2D eigenvalue weighted by molar-refractivity contribution is 6.07. The molecule has 0 aliphatic heterocycles. The van der Waals surface area contributed by atoms with Gasteiger partial charge in [0.05, 0.1) is 5.52 Å². The molecule has 1 saturated carbocycles. The average Bonchev–Trinajstić information content (AvgIpc) is 2.86. The van der Waals surface area contributed by atoms with Crippen LogP contribution >= 0.6 is 0 Å². The van der Waals surface area contributed by atoms with Crippen molar-refractivity contribution in [1.29, 1.82) is 0 Å². The molecule has 0 radical (unpaired) electrons. The van der Waals surface area contributed by atoms with Gasteiger partial charge in [0.2, 0.25) is 0 Å². The van der Waals surface area contributed by atoms with E-state index in [0.717, 1.165) is 5.52 Å². The van der Waals surface area contributed by atoms with Crippen molar-refractivity contribution in [2.45, 2.75) is 44.9 Å². The molecule has 0 saturated heterocycles. The Labute approximate surface area is 131 Å². The predicted octanol–water partition coefficient (Wildman–Crippen LogP) is 5.56. The van der Waals surface area contributed by atoms with Crippen LogP contribution in [0.2, 0.25) is 0 Å². The SMILES string of the molecule is CC1(C)[C@@H]2CC[C@@]1(C)c1ccc3c(ccc4cccnc43)c12. The molecule has 110 valence electrons. The molecule has 0 N–H and O–H groups in total. The summed E-state index contributed by atoms with van der Waals surface area (Å²) in [6.07, 6.45) is 4.57. The molecule has 0 amide bonds. The van der Waals surface area contributed by atoms with Crippen molar-refractivity contribution in [3.8, 4) is 0 Å². The van der Waals surface area contributed by atoms with Crippen LogP contribution in [0.3, 0.4) is 0 Å². The van der Waals surface area contributed by atoms with Crippen LogP contribution in [0.5, 0.6) is 0 Å². The van der Waals surface area contributed by atoms with Gasteiger partial charge in [-0.15, -0.1) is 0 Å². The highest BCUT2D eigenvalue weighted by Gasteiger charge is 2.59. The number of rotatable bonds is 0. The summed E-state index contributed by atoms with van der Waals surface area (Å²) in [5.74, 6) is 0.692. The topological polar surface area (TPSA) is 12.9 Å². The zero-order valence-corrected chi connectivity index (χ0v) is 13.5. The number of hydrogen-bond acceptors (Lipinski definition) is 1. The maximum Gasteiger partial charge on any atom is 0.0780 e. The summed E-state index contributed by atoms with van der Waals surface area (Å²) < 4.78 is 0. The van der Waals surface area contributed by atoms with E-state index in [-0.39, 0.29) is 0 Å². The first kappa shape index (κ1) is 12.6. The zero-order valence-electron chi connectivity index (χ0n) is 13.5. The van der Waals surface area contributed by atoms with Crippen molar-refractivity contribution >= 4 is 21.7 Å². The lowest BCUT2D eigenvalue weighted by Gasteiger charge is -2.35. The molecular formula is C21H21N. The normalized spacial score (nSPS) is 28.4. The molecular weight excluding hydrogens is 266 g/mol. The van der Waals surface area contributed by atoms with E-state index >= 15 is 0 Å². The van der Waals surface area contributed by atoms with E-state index in [0.29, 0.717) is 16.7 Å². The third kappa shape index (κ3) is 1.21. The highest BCUT2D eigenvalue weighted by atomic mass is 14.7. The Balaban J connectivity index is 1.94. The molecule has 2 atom stereocenters. The predicted molar refractivity (Wildman–Crippen MR) is 92.4 cm³/mol. The van der Waals surface area contributed by atoms with Gasteiger partial charge in [0, 0.05) is 17.0 Å². The van der Waals surface area contributed by atoms with Crippen LogP contribution in [-0.2, 0) is 5.41 Å². The molecule has 2 aliphatic carbocycles. The number of nitrogens with zero attached hydrogens (tertiary/aromatic N) is 1. The van der Waals surface area contributed by atoms with Gasteiger partial charge >= 0.3 is 0 Å². The first-order valence-corrected chi connectivity index (χ1v) is 8.35. The van der Waals surface area contributed by atoms with Crippen LogP contribution in [0.25, 0.3) is 21.7 Å². The fraction of sp³-hybridized carbons (Fsp3) is 0.381. The third-order valence-electron chi connectivity index (χ3n) is 6.98. The molecule has 1 aromatic heterocycles. The Morgan fingerprint density at radius 1 is 1.00 bits per heavy atom. The van der Waals surface area contributed by atoms with Gasteiger partial charge in [0.15, 0.2) is 0 Å². The molecule has 2 aliphatic rings. The fourth-order valence-electron chi connectivity index (χ4n) is 5.32.